The topological polar surface area (TPSA) is 30.7 Å². The fourth-order valence-electron chi connectivity index (χ4n) is 1.22. The van der Waals surface area contributed by atoms with Crippen LogP contribution in [-0.2, 0) is 9.53 Å². The number of likely N-dealkylation sites (N-methyl/N-ethyl adjacent to an activating group) is 1. The molecule has 0 aromatic rings. The van der Waals surface area contributed by atoms with Gasteiger partial charge in [-0.1, -0.05) is 0 Å². The van der Waals surface area contributed by atoms with Crippen LogP contribution in [0.4, 0.5) is 0 Å². The van der Waals surface area contributed by atoms with E-state index in [1.54, 1.807) is 6.92 Å². The minimum Gasteiger partial charge on any atom is -0.369 e. The number of morpholine rings is 1. The molecule has 0 saturated carbocycles. The highest BCUT2D eigenvalue weighted by Gasteiger charge is 2.26. The Morgan fingerprint density at radius 1 is 1.70 bits per heavy atom. The average molecular weight is 144 g/mol. The number of quaternary nitrogens is 1. The van der Waals surface area contributed by atoms with E-state index in [0.29, 0.717) is 6.61 Å². The maximum atomic E-state index is 10.9. The molecule has 1 aliphatic rings. The molecule has 1 heterocycles. The van der Waals surface area contributed by atoms with Gasteiger partial charge in [-0.25, -0.2) is 0 Å². The molecule has 0 bridgehead atoms. The van der Waals surface area contributed by atoms with Gasteiger partial charge in [0.25, 0.3) is 0 Å². The standard InChI is InChI=1S/C7H13NO2/c1-6(9)7-5-10-4-3-8(7)2/h7H,3-5H2,1-2H3/p+1. The van der Waals surface area contributed by atoms with Crippen molar-refractivity contribution in [3.8, 4) is 0 Å². The molecule has 3 nitrogen and oxygen atoms in total. The molecule has 2 unspecified atom stereocenters. The summed E-state index contributed by atoms with van der Waals surface area (Å²) in [6, 6.07) is 0.0775. The first kappa shape index (κ1) is 7.69. The van der Waals surface area contributed by atoms with E-state index in [1.807, 2.05) is 7.05 Å². The monoisotopic (exact) mass is 144 g/mol. The lowest BCUT2D eigenvalue weighted by Crippen LogP contribution is -3.16. The second-order valence-corrected chi connectivity index (χ2v) is 2.83. The van der Waals surface area contributed by atoms with E-state index in [9.17, 15) is 4.79 Å². The van der Waals surface area contributed by atoms with E-state index in [0.717, 1.165) is 13.2 Å². The fourth-order valence-corrected chi connectivity index (χ4v) is 1.22. The van der Waals surface area contributed by atoms with Crippen molar-refractivity contribution in [1.29, 1.82) is 0 Å². The van der Waals surface area contributed by atoms with Gasteiger partial charge in [-0.2, -0.15) is 0 Å². The number of ketones is 1. The van der Waals surface area contributed by atoms with Crippen LogP contribution in [0.3, 0.4) is 0 Å². The van der Waals surface area contributed by atoms with Crippen molar-refractivity contribution in [2.24, 2.45) is 0 Å². The van der Waals surface area contributed by atoms with Gasteiger partial charge in [0, 0.05) is 6.92 Å². The van der Waals surface area contributed by atoms with Crippen molar-refractivity contribution >= 4 is 5.78 Å². The third-order valence-corrected chi connectivity index (χ3v) is 2.01. The number of hydrogen-bond donors (Lipinski definition) is 1. The highest BCUT2D eigenvalue weighted by atomic mass is 16.5. The van der Waals surface area contributed by atoms with Crippen molar-refractivity contribution in [3.05, 3.63) is 0 Å². The van der Waals surface area contributed by atoms with E-state index >= 15 is 0 Å². The molecule has 0 radical (unpaired) electrons. The Morgan fingerprint density at radius 3 is 2.80 bits per heavy atom. The molecule has 2 atom stereocenters. The van der Waals surface area contributed by atoms with Crippen molar-refractivity contribution < 1.29 is 14.4 Å². The summed E-state index contributed by atoms with van der Waals surface area (Å²) in [4.78, 5) is 12.2. The van der Waals surface area contributed by atoms with Crippen LogP contribution in [0, 0.1) is 0 Å². The number of nitrogens with one attached hydrogen (secondary N) is 1. The Labute approximate surface area is 61.0 Å². The zero-order valence-corrected chi connectivity index (χ0v) is 6.52. The first-order chi connectivity index (χ1) is 4.72. The van der Waals surface area contributed by atoms with Gasteiger partial charge in [-0.05, 0) is 0 Å². The molecular weight excluding hydrogens is 130 g/mol. The summed E-state index contributed by atoms with van der Waals surface area (Å²) < 4.78 is 5.17. The molecule has 0 spiro atoms. The normalized spacial score (nSPS) is 33.8. The molecule has 10 heavy (non-hydrogen) atoms. The summed E-state index contributed by atoms with van der Waals surface area (Å²) in [6.45, 7) is 3.96. The summed E-state index contributed by atoms with van der Waals surface area (Å²) in [6.07, 6.45) is 0. The zero-order chi connectivity index (χ0) is 7.56. The summed E-state index contributed by atoms with van der Waals surface area (Å²) in [5.74, 6) is 0.234. The van der Waals surface area contributed by atoms with Gasteiger partial charge in [0.05, 0.1) is 13.7 Å². The molecule has 0 aliphatic carbocycles. The zero-order valence-electron chi connectivity index (χ0n) is 6.52. The summed E-state index contributed by atoms with van der Waals surface area (Å²) in [5.41, 5.74) is 0. The molecule has 0 amide bonds. The van der Waals surface area contributed by atoms with Gasteiger partial charge in [0.15, 0.2) is 11.8 Å². The smallest absolute Gasteiger partial charge is 0.189 e. The van der Waals surface area contributed by atoms with Gasteiger partial charge in [0.2, 0.25) is 0 Å². The Kier molecular flexibility index (Phi) is 2.40. The van der Waals surface area contributed by atoms with Crippen molar-refractivity contribution in [1.82, 2.24) is 0 Å². The molecule has 1 saturated heterocycles. The second kappa shape index (κ2) is 3.12. The highest BCUT2D eigenvalue weighted by Crippen LogP contribution is 1.87. The minimum atomic E-state index is 0.0775. The lowest BCUT2D eigenvalue weighted by atomic mass is 10.2. The Bertz CT molecular complexity index is 136. The number of rotatable bonds is 1. The van der Waals surface area contributed by atoms with Crippen LogP contribution in [0.15, 0.2) is 0 Å². The minimum absolute atomic E-state index is 0.0775. The largest absolute Gasteiger partial charge is 0.369 e. The first-order valence-electron chi connectivity index (χ1n) is 3.62. The predicted molar refractivity (Wildman–Crippen MR) is 37.0 cm³/mol. The molecule has 1 N–H and O–H groups in total. The molecule has 3 heteroatoms. The highest BCUT2D eigenvalue weighted by molar-refractivity contribution is 5.80. The Balaban J connectivity index is 2.47. The fraction of sp³-hybridized carbons (Fsp3) is 0.857. The summed E-state index contributed by atoms with van der Waals surface area (Å²) >= 11 is 0. The molecule has 0 aromatic heterocycles. The van der Waals surface area contributed by atoms with E-state index in [-0.39, 0.29) is 11.8 Å². The van der Waals surface area contributed by atoms with Gasteiger partial charge in [-0.15, -0.1) is 0 Å². The van der Waals surface area contributed by atoms with Gasteiger partial charge >= 0.3 is 0 Å². The number of ether oxygens (including phenoxy) is 1. The lowest BCUT2D eigenvalue weighted by Gasteiger charge is -2.27. The van der Waals surface area contributed by atoms with Crippen LogP contribution in [0.1, 0.15) is 6.92 Å². The Morgan fingerprint density at radius 2 is 2.40 bits per heavy atom. The van der Waals surface area contributed by atoms with Crippen molar-refractivity contribution in [2.75, 3.05) is 26.8 Å². The van der Waals surface area contributed by atoms with Crippen molar-refractivity contribution in [3.63, 3.8) is 0 Å². The van der Waals surface area contributed by atoms with Gasteiger partial charge < -0.3 is 9.64 Å². The number of Topliss-reactive ketones (excluding diaryl/α,β-unsaturated/α-hetero) is 1. The van der Waals surface area contributed by atoms with Gasteiger partial charge in [-0.3, -0.25) is 4.79 Å². The van der Waals surface area contributed by atoms with E-state index in [4.69, 9.17) is 4.74 Å². The number of hydrogen-bond acceptors (Lipinski definition) is 2. The van der Waals surface area contributed by atoms with E-state index in [2.05, 4.69) is 0 Å². The van der Waals surface area contributed by atoms with Crippen LogP contribution in [0.2, 0.25) is 0 Å². The van der Waals surface area contributed by atoms with Crippen LogP contribution in [0.25, 0.3) is 0 Å². The second-order valence-electron chi connectivity index (χ2n) is 2.83. The molecule has 0 aromatic carbocycles. The van der Waals surface area contributed by atoms with Crippen LogP contribution >= 0.6 is 0 Å². The quantitative estimate of drug-likeness (QED) is 0.485. The molecule has 58 valence electrons. The van der Waals surface area contributed by atoms with Gasteiger partial charge in [0.1, 0.15) is 13.2 Å². The lowest BCUT2D eigenvalue weighted by molar-refractivity contribution is -0.904. The molecule has 1 aliphatic heterocycles. The SMILES string of the molecule is CC(=O)C1COCC[NH+]1C. The number of carbonyl (C=O) groups excluding carboxylic acids is 1. The third kappa shape index (κ3) is 1.55. The number of carbonyl (C=O) groups is 1. The van der Waals surface area contributed by atoms with Crippen LogP contribution in [-0.4, -0.2) is 38.6 Å². The Hall–Kier alpha value is -0.410. The van der Waals surface area contributed by atoms with E-state index in [1.165, 1.54) is 4.90 Å². The molecular formula is C7H14NO2+. The summed E-state index contributed by atoms with van der Waals surface area (Å²) in [7, 11) is 2.04. The van der Waals surface area contributed by atoms with E-state index < -0.39 is 0 Å². The van der Waals surface area contributed by atoms with Crippen LogP contribution < -0.4 is 4.90 Å². The molecule has 1 fully saturated rings. The average Bonchev–Trinajstić information content (AvgIpc) is 1.88. The van der Waals surface area contributed by atoms with Crippen molar-refractivity contribution in [2.45, 2.75) is 13.0 Å². The maximum absolute atomic E-state index is 10.9. The van der Waals surface area contributed by atoms with Crippen LogP contribution in [0.5, 0.6) is 0 Å². The molecule has 1 rings (SSSR count). The first-order valence-corrected chi connectivity index (χ1v) is 3.62. The third-order valence-electron chi connectivity index (χ3n) is 2.01. The predicted octanol–water partition coefficient (Wildman–Crippen LogP) is -1.51. The summed E-state index contributed by atoms with van der Waals surface area (Å²) in [5, 5.41) is 0. The maximum Gasteiger partial charge on any atom is 0.189 e.